The Morgan fingerprint density at radius 2 is 1.67 bits per heavy atom. The number of hydrogen-bond donors (Lipinski definition) is 3. The topological polar surface area (TPSA) is 109 Å². The average molecular weight is 388 g/mol. The van der Waals surface area contributed by atoms with Gasteiger partial charge in [-0.2, -0.15) is 0 Å². The van der Waals surface area contributed by atoms with Gasteiger partial charge in [0.25, 0.3) is 0 Å². The van der Waals surface area contributed by atoms with E-state index < -0.39 is 15.8 Å². The quantitative estimate of drug-likeness (QED) is 0.507. The third-order valence-electron chi connectivity index (χ3n) is 3.45. The van der Waals surface area contributed by atoms with Gasteiger partial charge in [0.05, 0.1) is 4.90 Å². The first kappa shape index (κ1) is 18.7. The van der Waals surface area contributed by atoms with Crippen LogP contribution in [0.4, 0.5) is 21.7 Å². The second kappa shape index (κ2) is 8.52. The number of benzene rings is 1. The molecule has 0 saturated carbocycles. The largest absolute Gasteiger partial charge is 0.367 e. The van der Waals surface area contributed by atoms with Crippen LogP contribution >= 0.6 is 0 Å². The maximum atomic E-state index is 13.1. The van der Waals surface area contributed by atoms with Crippen LogP contribution in [0.25, 0.3) is 0 Å². The van der Waals surface area contributed by atoms with Gasteiger partial charge in [0.1, 0.15) is 11.6 Å². The minimum absolute atomic E-state index is 0.109. The van der Waals surface area contributed by atoms with Crippen molar-refractivity contribution < 1.29 is 12.8 Å². The predicted molar refractivity (Wildman–Crippen MR) is 99.6 cm³/mol. The molecule has 10 heteroatoms. The van der Waals surface area contributed by atoms with Crippen LogP contribution in [-0.2, 0) is 10.0 Å². The van der Waals surface area contributed by atoms with Crippen molar-refractivity contribution in [2.75, 3.05) is 23.7 Å². The third kappa shape index (κ3) is 5.43. The first-order valence-electron chi connectivity index (χ1n) is 8.03. The van der Waals surface area contributed by atoms with Gasteiger partial charge in [0.2, 0.25) is 10.0 Å². The van der Waals surface area contributed by atoms with Crippen molar-refractivity contribution in [3.05, 3.63) is 66.7 Å². The fourth-order valence-corrected chi connectivity index (χ4v) is 3.23. The van der Waals surface area contributed by atoms with E-state index in [0.717, 1.165) is 11.8 Å². The summed E-state index contributed by atoms with van der Waals surface area (Å²) in [6.45, 7) is 0.401. The van der Waals surface area contributed by atoms with Crippen molar-refractivity contribution in [2.24, 2.45) is 0 Å². The highest BCUT2D eigenvalue weighted by atomic mass is 32.2. The van der Waals surface area contributed by atoms with Crippen LogP contribution < -0.4 is 15.4 Å². The summed E-state index contributed by atoms with van der Waals surface area (Å²) in [6, 6.07) is 11.9. The molecule has 2 heterocycles. The number of anilines is 3. The molecule has 0 bridgehead atoms. The molecule has 0 radical (unpaired) electrons. The fourth-order valence-electron chi connectivity index (χ4n) is 2.17. The summed E-state index contributed by atoms with van der Waals surface area (Å²) < 4.78 is 39.7. The van der Waals surface area contributed by atoms with Gasteiger partial charge in [-0.3, -0.25) is 4.98 Å². The Kier molecular flexibility index (Phi) is 5.89. The average Bonchev–Trinajstić information content (AvgIpc) is 2.67. The lowest BCUT2D eigenvalue weighted by atomic mass is 10.4. The van der Waals surface area contributed by atoms with Crippen molar-refractivity contribution in [3.63, 3.8) is 0 Å². The van der Waals surface area contributed by atoms with E-state index in [-0.39, 0.29) is 11.4 Å². The standard InChI is InChI=1S/C17H17FN6O2S/c18-13-2-1-3-15(12-13)27(25,26)21-11-10-20-16-4-5-17(24-23-16)22-14-6-8-19-9-7-14/h1-9,12,21H,10-11H2,(H,20,23)(H,19,22,24). The van der Waals surface area contributed by atoms with E-state index >= 15 is 0 Å². The van der Waals surface area contributed by atoms with E-state index in [4.69, 9.17) is 0 Å². The Balaban J connectivity index is 1.48. The van der Waals surface area contributed by atoms with Gasteiger partial charge in [-0.25, -0.2) is 17.5 Å². The molecular weight excluding hydrogens is 371 g/mol. The van der Waals surface area contributed by atoms with Crippen molar-refractivity contribution in [3.8, 4) is 0 Å². The van der Waals surface area contributed by atoms with Gasteiger partial charge >= 0.3 is 0 Å². The lowest BCUT2D eigenvalue weighted by Crippen LogP contribution is -2.29. The predicted octanol–water partition coefficient (Wildman–Crippen LogP) is 2.14. The highest BCUT2D eigenvalue weighted by Gasteiger charge is 2.13. The summed E-state index contributed by atoms with van der Waals surface area (Å²) in [5.74, 6) is 0.463. The molecule has 2 aromatic heterocycles. The molecule has 0 amide bonds. The van der Waals surface area contributed by atoms with Gasteiger partial charge in [0.15, 0.2) is 5.82 Å². The second-order valence-electron chi connectivity index (χ2n) is 5.45. The molecule has 0 saturated heterocycles. The molecule has 0 aliphatic carbocycles. The third-order valence-corrected chi connectivity index (χ3v) is 4.91. The zero-order valence-corrected chi connectivity index (χ0v) is 14.9. The number of nitrogens with zero attached hydrogens (tertiary/aromatic N) is 3. The van der Waals surface area contributed by atoms with E-state index in [2.05, 4.69) is 30.5 Å². The molecule has 0 atom stereocenters. The number of halogens is 1. The number of nitrogens with one attached hydrogen (secondary N) is 3. The van der Waals surface area contributed by atoms with Gasteiger partial charge in [-0.15, -0.1) is 10.2 Å². The molecule has 1 aromatic carbocycles. The number of pyridine rings is 1. The molecule has 140 valence electrons. The van der Waals surface area contributed by atoms with Gasteiger partial charge in [-0.05, 0) is 42.5 Å². The van der Waals surface area contributed by atoms with Crippen LogP contribution in [-0.4, -0.2) is 36.7 Å². The Labute approximate surface area is 155 Å². The van der Waals surface area contributed by atoms with E-state index in [1.807, 2.05) is 0 Å². The van der Waals surface area contributed by atoms with Crippen molar-refractivity contribution in [2.45, 2.75) is 4.90 Å². The van der Waals surface area contributed by atoms with E-state index in [1.54, 1.807) is 36.7 Å². The normalized spacial score (nSPS) is 11.1. The van der Waals surface area contributed by atoms with E-state index in [1.165, 1.54) is 18.2 Å². The monoisotopic (exact) mass is 388 g/mol. The molecule has 3 N–H and O–H groups in total. The highest BCUT2D eigenvalue weighted by Crippen LogP contribution is 2.13. The Morgan fingerprint density at radius 1 is 0.926 bits per heavy atom. The number of sulfonamides is 1. The number of aromatic nitrogens is 3. The summed E-state index contributed by atoms with van der Waals surface area (Å²) in [5, 5.41) is 14.1. The van der Waals surface area contributed by atoms with Crippen LogP contribution in [0.1, 0.15) is 0 Å². The van der Waals surface area contributed by atoms with Crippen molar-refractivity contribution in [1.29, 1.82) is 0 Å². The van der Waals surface area contributed by atoms with Crippen molar-refractivity contribution in [1.82, 2.24) is 19.9 Å². The minimum atomic E-state index is -3.76. The molecule has 0 aliphatic rings. The SMILES string of the molecule is O=S(=O)(NCCNc1ccc(Nc2ccncc2)nn1)c1cccc(F)c1. The molecule has 27 heavy (non-hydrogen) atoms. The fraction of sp³-hybridized carbons (Fsp3) is 0.118. The van der Waals surface area contributed by atoms with Crippen LogP contribution in [0.5, 0.6) is 0 Å². The summed E-state index contributed by atoms with van der Waals surface area (Å²) in [5.41, 5.74) is 0.840. The van der Waals surface area contributed by atoms with E-state index in [0.29, 0.717) is 18.2 Å². The van der Waals surface area contributed by atoms with Crippen LogP contribution in [0.15, 0.2) is 65.8 Å². The smallest absolute Gasteiger partial charge is 0.240 e. The highest BCUT2D eigenvalue weighted by molar-refractivity contribution is 7.89. The van der Waals surface area contributed by atoms with Crippen LogP contribution in [0.2, 0.25) is 0 Å². The van der Waals surface area contributed by atoms with Crippen molar-refractivity contribution >= 4 is 27.3 Å². The molecule has 0 unspecified atom stereocenters. The molecule has 0 fully saturated rings. The number of rotatable bonds is 8. The van der Waals surface area contributed by atoms with Crippen LogP contribution in [0, 0.1) is 5.82 Å². The van der Waals surface area contributed by atoms with Gasteiger partial charge in [0, 0.05) is 31.2 Å². The minimum Gasteiger partial charge on any atom is -0.367 e. The van der Waals surface area contributed by atoms with Crippen LogP contribution in [0.3, 0.4) is 0 Å². The maximum absolute atomic E-state index is 13.1. The Morgan fingerprint density at radius 3 is 2.37 bits per heavy atom. The van der Waals surface area contributed by atoms with Gasteiger partial charge < -0.3 is 10.6 Å². The summed E-state index contributed by atoms with van der Waals surface area (Å²) >= 11 is 0. The molecule has 3 rings (SSSR count). The molecule has 3 aromatic rings. The first-order valence-corrected chi connectivity index (χ1v) is 9.51. The zero-order valence-electron chi connectivity index (χ0n) is 14.1. The first-order chi connectivity index (χ1) is 13.0. The maximum Gasteiger partial charge on any atom is 0.240 e. The lowest BCUT2D eigenvalue weighted by Gasteiger charge is -2.09. The lowest BCUT2D eigenvalue weighted by molar-refractivity contribution is 0.579. The summed E-state index contributed by atoms with van der Waals surface area (Å²) in [4.78, 5) is 3.81. The molecule has 0 spiro atoms. The molecule has 0 aliphatic heterocycles. The molecule has 8 nitrogen and oxygen atoms in total. The zero-order chi connectivity index (χ0) is 19.1. The molecular formula is C17H17FN6O2S. The van der Waals surface area contributed by atoms with E-state index in [9.17, 15) is 12.8 Å². The second-order valence-corrected chi connectivity index (χ2v) is 7.21. The summed E-state index contributed by atoms with van der Waals surface area (Å²) in [6.07, 6.45) is 3.33. The summed E-state index contributed by atoms with van der Waals surface area (Å²) in [7, 11) is -3.76. The number of hydrogen-bond acceptors (Lipinski definition) is 7. The Hall–Kier alpha value is -3.11. The van der Waals surface area contributed by atoms with Gasteiger partial charge in [-0.1, -0.05) is 6.07 Å². The Bertz CT molecular complexity index is 984.